The zero-order chi connectivity index (χ0) is 11.8. The average molecular weight is 223 g/mol. The molecule has 2 N–H and O–H groups in total. The molecular formula is C15H13NO. The molecule has 84 valence electrons. The number of hydrogen-bond donors (Lipinski definition) is 2. The van der Waals surface area contributed by atoms with E-state index < -0.39 is 0 Å². The third-order valence-electron chi connectivity index (χ3n) is 3.03. The highest BCUT2D eigenvalue weighted by molar-refractivity contribution is 5.98. The lowest BCUT2D eigenvalue weighted by molar-refractivity contribution is 0.476. The molecule has 2 aromatic carbocycles. The maximum Gasteiger partial charge on any atom is 0.116 e. The summed E-state index contributed by atoms with van der Waals surface area (Å²) < 4.78 is 0. The normalized spacial score (nSPS) is 10.9. The minimum atomic E-state index is 0.300. The largest absolute Gasteiger partial charge is 0.508 e. The van der Waals surface area contributed by atoms with Crippen LogP contribution in [0.1, 0.15) is 5.69 Å². The molecule has 0 fully saturated rings. The standard InChI is InChI=1S/C15H13NO/c1-10-15(11-5-3-2-4-6-11)13-9-12(17)7-8-14(13)16-10/h2-9,16-17H,1H3. The number of H-pyrrole nitrogens is 1. The van der Waals surface area contributed by atoms with Gasteiger partial charge < -0.3 is 10.1 Å². The molecule has 0 aliphatic heterocycles. The summed E-state index contributed by atoms with van der Waals surface area (Å²) in [4.78, 5) is 3.34. The van der Waals surface area contributed by atoms with Gasteiger partial charge >= 0.3 is 0 Å². The Balaban J connectivity index is 2.35. The van der Waals surface area contributed by atoms with Crippen molar-refractivity contribution in [2.45, 2.75) is 6.92 Å². The van der Waals surface area contributed by atoms with Crippen molar-refractivity contribution in [2.24, 2.45) is 0 Å². The van der Waals surface area contributed by atoms with Gasteiger partial charge in [0.2, 0.25) is 0 Å². The molecule has 0 bridgehead atoms. The molecule has 0 unspecified atom stereocenters. The van der Waals surface area contributed by atoms with E-state index in [0.29, 0.717) is 5.75 Å². The minimum absolute atomic E-state index is 0.300. The van der Waals surface area contributed by atoms with Crippen molar-refractivity contribution in [1.82, 2.24) is 4.98 Å². The van der Waals surface area contributed by atoms with Crippen molar-refractivity contribution < 1.29 is 5.11 Å². The van der Waals surface area contributed by atoms with Crippen LogP contribution < -0.4 is 0 Å². The second-order valence-electron chi connectivity index (χ2n) is 4.22. The first-order chi connectivity index (χ1) is 8.25. The quantitative estimate of drug-likeness (QED) is 0.645. The van der Waals surface area contributed by atoms with Gasteiger partial charge in [-0.25, -0.2) is 0 Å². The van der Waals surface area contributed by atoms with Crippen molar-refractivity contribution >= 4 is 10.9 Å². The topological polar surface area (TPSA) is 36.0 Å². The van der Waals surface area contributed by atoms with E-state index in [1.165, 1.54) is 5.56 Å². The fraction of sp³-hybridized carbons (Fsp3) is 0.0667. The molecule has 0 saturated heterocycles. The van der Waals surface area contributed by atoms with E-state index >= 15 is 0 Å². The van der Waals surface area contributed by atoms with Gasteiger partial charge in [0.25, 0.3) is 0 Å². The molecule has 1 aromatic heterocycles. The maximum absolute atomic E-state index is 9.60. The summed E-state index contributed by atoms with van der Waals surface area (Å²) in [5, 5.41) is 10.7. The predicted molar refractivity (Wildman–Crippen MR) is 70.1 cm³/mol. The van der Waals surface area contributed by atoms with Crippen LogP contribution in [0.15, 0.2) is 48.5 Å². The van der Waals surface area contributed by atoms with E-state index in [4.69, 9.17) is 0 Å². The zero-order valence-electron chi connectivity index (χ0n) is 9.57. The molecule has 1 heterocycles. The molecule has 3 rings (SSSR count). The zero-order valence-corrected chi connectivity index (χ0v) is 9.57. The first kappa shape index (κ1) is 9.97. The van der Waals surface area contributed by atoms with Crippen LogP contribution in [0.4, 0.5) is 0 Å². The van der Waals surface area contributed by atoms with Crippen molar-refractivity contribution in [1.29, 1.82) is 0 Å². The first-order valence-electron chi connectivity index (χ1n) is 5.62. The number of fused-ring (bicyclic) bond motifs is 1. The summed E-state index contributed by atoms with van der Waals surface area (Å²) in [6.07, 6.45) is 0. The Hall–Kier alpha value is -2.22. The molecule has 0 radical (unpaired) electrons. The third-order valence-corrected chi connectivity index (χ3v) is 3.03. The number of benzene rings is 2. The molecule has 3 aromatic rings. The van der Waals surface area contributed by atoms with E-state index in [0.717, 1.165) is 22.2 Å². The van der Waals surface area contributed by atoms with Crippen LogP contribution >= 0.6 is 0 Å². The van der Waals surface area contributed by atoms with Gasteiger partial charge in [-0.1, -0.05) is 30.3 Å². The SMILES string of the molecule is Cc1[nH]c2ccc(O)cc2c1-c1ccccc1. The van der Waals surface area contributed by atoms with E-state index in [1.54, 1.807) is 12.1 Å². The van der Waals surface area contributed by atoms with Gasteiger partial charge in [0.05, 0.1) is 0 Å². The Labute approximate surface area is 99.5 Å². The van der Waals surface area contributed by atoms with Crippen LogP contribution in [-0.4, -0.2) is 10.1 Å². The fourth-order valence-electron chi connectivity index (χ4n) is 2.29. The summed E-state index contributed by atoms with van der Waals surface area (Å²) >= 11 is 0. The molecule has 0 saturated carbocycles. The molecule has 2 nitrogen and oxygen atoms in total. The van der Waals surface area contributed by atoms with Crippen LogP contribution in [0.3, 0.4) is 0 Å². The summed E-state index contributed by atoms with van der Waals surface area (Å²) in [5.41, 5.74) is 4.51. The lowest BCUT2D eigenvalue weighted by Crippen LogP contribution is -1.78. The Kier molecular flexibility index (Phi) is 2.15. The summed E-state index contributed by atoms with van der Waals surface area (Å²) in [7, 11) is 0. The van der Waals surface area contributed by atoms with Crippen molar-refractivity contribution in [3.05, 3.63) is 54.2 Å². The number of aromatic nitrogens is 1. The highest BCUT2D eigenvalue weighted by atomic mass is 16.3. The number of hydrogen-bond acceptors (Lipinski definition) is 1. The van der Waals surface area contributed by atoms with Crippen LogP contribution in [-0.2, 0) is 0 Å². The Morgan fingerprint density at radius 3 is 2.53 bits per heavy atom. The Morgan fingerprint density at radius 1 is 1.00 bits per heavy atom. The lowest BCUT2D eigenvalue weighted by atomic mass is 10.0. The van der Waals surface area contributed by atoms with E-state index in [9.17, 15) is 5.11 Å². The van der Waals surface area contributed by atoms with Gasteiger partial charge in [0, 0.05) is 22.2 Å². The molecule has 2 heteroatoms. The second kappa shape index (κ2) is 3.67. The molecule has 17 heavy (non-hydrogen) atoms. The number of rotatable bonds is 1. The molecule has 0 aliphatic carbocycles. The molecule has 0 spiro atoms. The van der Waals surface area contributed by atoms with Gasteiger partial charge in [-0.05, 0) is 30.7 Å². The first-order valence-corrected chi connectivity index (χ1v) is 5.62. The average Bonchev–Trinajstić information content (AvgIpc) is 2.65. The summed E-state index contributed by atoms with van der Waals surface area (Å²) in [6, 6.07) is 15.6. The van der Waals surface area contributed by atoms with Crippen LogP contribution in [0.5, 0.6) is 5.75 Å². The van der Waals surface area contributed by atoms with Gasteiger partial charge in [-0.2, -0.15) is 0 Å². The summed E-state index contributed by atoms with van der Waals surface area (Å²) in [6.45, 7) is 2.05. The van der Waals surface area contributed by atoms with E-state index in [2.05, 4.69) is 24.0 Å². The lowest BCUT2D eigenvalue weighted by Gasteiger charge is -2.01. The van der Waals surface area contributed by atoms with Crippen LogP contribution in [0, 0.1) is 6.92 Å². The van der Waals surface area contributed by atoms with Crippen molar-refractivity contribution in [2.75, 3.05) is 0 Å². The minimum Gasteiger partial charge on any atom is -0.508 e. The van der Waals surface area contributed by atoms with Gasteiger partial charge in [-0.3, -0.25) is 0 Å². The van der Waals surface area contributed by atoms with E-state index in [1.807, 2.05) is 24.3 Å². The number of aryl methyl sites for hydroxylation is 1. The third kappa shape index (κ3) is 1.58. The van der Waals surface area contributed by atoms with Crippen LogP contribution in [0.2, 0.25) is 0 Å². The fourth-order valence-corrected chi connectivity index (χ4v) is 2.29. The smallest absolute Gasteiger partial charge is 0.116 e. The maximum atomic E-state index is 9.60. The molecule has 0 aliphatic rings. The number of aromatic hydroxyl groups is 1. The number of phenolic OH excluding ortho intramolecular Hbond substituents is 1. The highest BCUT2D eigenvalue weighted by Crippen LogP contribution is 2.33. The number of phenols is 1. The monoisotopic (exact) mass is 223 g/mol. The van der Waals surface area contributed by atoms with E-state index in [-0.39, 0.29) is 0 Å². The summed E-state index contributed by atoms with van der Waals surface area (Å²) in [5.74, 6) is 0.300. The van der Waals surface area contributed by atoms with Crippen LogP contribution in [0.25, 0.3) is 22.0 Å². The molecular weight excluding hydrogens is 210 g/mol. The van der Waals surface area contributed by atoms with Crippen molar-refractivity contribution in [3.8, 4) is 16.9 Å². The molecule has 0 amide bonds. The van der Waals surface area contributed by atoms with Gasteiger partial charge in [0.15, 0.2) is 0 Å². The number of aromatic amines is 1. The highest BCUT2D eigenvalue weighted by Gasteiger charge is 2.10. The molecule has 0 atom stereocenters. The Bertz CT molecular complexity index is 668. The second-order valence-corrected chi connectivity index (χ2v) is 4.22. The van der Waals surface area contributed by atoms with Gasteiger partial charge in [-0.15, -0.1) is 0 Å². The van der Waals surface area contributed by atoms with Crippen molar-refractivity contribution in [3.63, 3.8) is 0 Å². The number of nitrogens with one attached hydrogen (secondary N) is 1. The Morgan fingerprint density at radius 2 is 1.76 bits per heavy atom. The van der Waals surface area contributed by atoms with Gasteiger partial charge in [0.1, 0.15) is 5.75 Å². The predicted octanol–water partition coefficient (Wildman–Crippen LogP) is 3.85.